The van der Waals surface area contributed by atoms with Crippen LogP contribution in [-0.2, 0) is 6.54 Å². The number of nitrogen functional groups attached to an aromatic ring is 1. The second-order valence-corrected chi connectivity index (χ2v) is 3.87. The summed E-state index contributed by atoms with van der Waals surface area (Å²) >= 11 is 5.55. The number of halogens is 2. The molecule has 0 fully saturated rings. The van der Waals surface area contributed by atoms with Crippen molar-refractivity contribution in [3.05, 3.63) is 41.4 Å². The molecule has 0 amide bonds. The largest absolute Gasteiger partial charge is 0.492 e. The molecular weight excluding hydrogens is 245 g/mol. The number of benzene rings is 1. The molecule has 0 unspecified atom stereocenters. The fourth-order valence-electron chi connectivity index (χ4n) is 1.33. The third kappa shape index (κ3) is 3.10. The van der Waals surface area contributed by atoms with E-state index in [4.69, 9.17) is 22.1 Å². The van der Waals surface area contributed by atoms with Crippen LogP contribution in [-0.4, -0.2) is 16.4 Å². The van der Waals surface area contributed by atoms with E-state index in [0.717, 1.165) is 0 Å². The molecule has 90 valence electrons. The van der Waals surface area contributed by atoms with Gasteiger partial charge in [0.05, 0.1) is 23.5 Å². The Balaban J connectivity index is 1.87. The molecule has 17 heavy (non-hydrogen) atoms. The second kappa shape index (κ2) is 5.05. The Morgan fingerprint density at radius 3 is 2.94 bits per heavy atom. The van der Waals surface area contributed by atoms with Crippen LogP contribution in [0.2, 0.25) is 5.02 Å². The van der Waals surface area contributed by atoms with Gasteiger partial charge in [0, 0.05) is 12.3 Å². The Bertz CT molecular complexity index is 515. The van der Waals surface area contributed by atoms with E-state index in [2.05, 4.69) is 5.10 Å². The summed E-state index contributed by atoms with van der Waals surface area (Å²) in [5, 5.41) is 4.08. The average molecular weight is 256 g/mol. The van der Waals surface area contributed by atoms with Gasteiger partial charge in [-0.05, 0) is 12.1 Å². The Morgan fingerprint density at radius 2 is 2.29 bits per heavy atom. The van der Waals surface area contributed by atoms with Crippen LogP contribution in [0, 0.1) is 5.82 Å². The van der Waals surface area contributed by atoms with Crippen molar-refractivity contribution in [1.29, 1.82) is 0 Å². The van der Waals surface area contributed by atoms with Crippen molar-refractivity contribution in [3.8, 4) is 5.75 Å². The van der Waals surface area contributed by atoms with Crippen LogP contribution in [0.1, 0.15) is 0 Å². The number of hydrogen-bond acceptors (Lipinski definition) is 3. The summed E-state index contributed by atoms with van der Waals surface area (Å²) in [6.45, 7) is 0.920. The van der Waals surface area contributed by atoms with Crippen LogP contribution in [0.15, 0.2) is 30.6 Å². The van der Waals surface area contributed by atoms with E-state index < -0.39 is 5.82 Å². The first-order valence-corrected chi connectivity index (χ1v) is 5.39. The first-order chi connectivity index (χ1) is 8.15. The van der Waals surface area contributed by atoms with Gasteiger partial charge in [-0.1, -0.05) is 11.6 Å². The van der Waals surface area contributed by atoms with E-state index in [1.807, 2.05) is 0 Å². The highest BCUT2D eigenvalue weighted by atomic mass is 35.5. The minimum absolute atomic E-state index is 0.0807. The molecule has 1 heterocycles. The van der Waals surface area contributed by atoms with Crippen molar-refractivity contribution in [3.63, 3.8) is 0 Å². The number of ether oxygens (including phenoxy) is 1. The van der Waals surface area contributed by atoms with Crippen molar-refractivity contribution in [1.82, 2.24) is 9.78 Å². The average Bonchev–Trinajstić information content (AvgIpc) is 2.70. The van der Waals surface area contributed by atoms with Gasteiger partial charge in [-0.25, -0.2) is 4.39 Å². The molecule has 2 N–H and O–H groups in total. The molecule has 0 aliphatic carbocycles. The van der Waals surface area contributed by atoms with E-state index in [1.165, 1.54) is 12.1 Å². The molecule has 0 atom stereocenters. The Morgan fingerprint density at radius 1 is 1.47 bits per heavy atom. The fourth-order valence-corrected chi connectivity index (χ4v) is 1.44. The van der Waals surface area contributed by atoms with Gasteiger partial charge in [0.2, 0.25) is 0 Å². The molecule has 0 spiro atoms. The summed E-state index contributed by atoms with van der Waals surface area (Å²) in [5.41, 5.74) is 6.11. The third-order valence-electron chi connectivity index (χ3n) is 2.13. The molecule has 1 aromatic heterocycles. The lowest BCUT2D eigenvalue weighted by Crippen LogP contribution is -2.08. The third-order valence-corrected chi connectivity index (χ3v) is 2.44. The Labute approximate surface area is 103 Å². The molecule has 0 saturated heterocycles. The fraction of sp³-hybridized carbons (Fsp3) is 0.182. The first-order valence-electron chi connectivity index (χ1n) is 5.01. The van der Waals surface area contributed by atoms with Gasteiger partial charge < -0.3 is 10.5 Å². The molecule has 0 aliphatic rings. The minimum Gasteiger partial charge on any atom is -0.492 e. The van der Waals surface area contributed by atoms with Crippen molar-refractivity contribution < 1.29 is 9.13 Å². The van der Waals surface area contributed by atoms with Gasteiger partial charge in [-0.3, -0.25) is 4.68 Å². The Kier molecular flexibility index (Phi) is 3.49. The number of anilines is 1. The normalized spacial score (nSPS) is 10.5. The standard InChI is InChI=1S/C11H11ClFN3O/c12-10-2-1-9(5-11(10)13)17-4-3-16-7-8(14)6-15-16/h1-2,5-7H,3-4,14H2. The zero-order chi connectivity index (χ0) is 12.3. The Hall–Kier alpha value is -1.75. The number of nitrogens with two attached hydrogens (primary N) is 1. The highest BCUT2D eigenvalue weighted by Crippen LogP contribution is 2.20. The summed E-state index contributed by atoms with van der Waals surface area (Å²) in [6, 6.07) is 4.32. The van der Waals surface area contributed by atoms with E-state index in [1.54, 1.807) is 23.1 Å². The molecule has 2 rings (SSSR count). The molecule has 0 radical (unpaired) electrons. The van der Waals surface area contributed by atoms with Gasteiger partial charge in [-0.2, -0.15) is 5.10 Å². The zero-order valence-corrected chi connectivity index (χ0v) is 9.69. The second-order valence-electron chi connectivity index (χ2n) is 3.46. The number of rotatable bonds is 4. The number of nitrogens with zero attached hydrogens (tertiary/aromatic N) is 2. The molecule has 2 aromatic rings. The van der Waals surface area contributed by atoms with Crippen molar-refractivity contribution in [2.24, 2.45) is 0 Å². The van der Waals surface area contributed by atoms with Crippen LogP contribution >= 0.6 is 11.6 Å². The summed E-state index contributed by atoms with van der Waals surface area (Å²) in [4.78, 5) is 0. The van der Waals surface area contributed by atoms with E-state index >= 15 is 0 Å². The maximum atomic E-state index is 13.1. The van der Waals surface area contributed by atoms with Crippen molar-refractivity contribution in [2.45, 2.75) is 6.54 Å². The summed E-state index contributed by atoms with van der Waals surface area (Å²) in [7, 11) is 0. The molecule has 1 aromatic carbocycles. The first kappa shape index (κ1) is 11.7. The molecule has 0 saturated carbocycles. The highest BCUT2D eigenvalue weighted by Gasteiger charge is 2.02. The molecule has 0 bridgehead atoms. The minimum atomic E-state index is -0.493. The molecular formula is C11H11ClFN3O. The molecule has 6 heteroatoms. The number of hydrogen-bond donors (Lipinski definition) is 1. The summed E-state index contributed by atoms with van der Waals surface area (Å²) < 4.78 is 20.1. The molecule has 0 aliphatic heterocycles. The summed E-state index contributed by atoms with van der Waals surface area (Å²) in [6.07, 6.45) is 3.26. The number of aromatic nitrogens is 2. The maximum Gasteiger partial charge on any atom is 0.145 e. The van der Waals surface area contributed by atoms with Crippen LogP contribution in [0.3, 0.4) is 0 Å². The smallest absolute Gasteiger partial charge is 0.145 e. The van der Waals surface area contributed by atoms with Crippen LogP contribution in [0.5, 0.6) is 5.75 Å². The van der Waals surface area contributed by atoms with E-state index in [0.29, 0.717) is 24.6 Å². The zero-order valence-electron chi connectivity index (χ0n) is 8.94. The lowest BCUT2D eigenvalue weighted by atomic mass is 10.3. The predicted molar refractivity (Wildman–Crippen MR) is 63.5 cm³/mol. The lowest BCUT2D eigenvalue weighted by molar-refractivity contribution is 0.290. The van der Waals surface area contributed by atoms with Crippen molar-refractivity contribution >= 4 is 17.3 Å². The topological polar surface area (TPSA) is 53.1 Å². The van der Waals surface area contributed by atoms with Gasteiger partial charge in [0.25, 0.3) is 0 Å². The van der Waals surface area contributed by atoms with Crippen LogP contribution in [0.25, 0.3) is 0 Å². The van der Waals surface area contributed by atoms with Gasteiger partial charge in [-0.15, -0.1) is 0 Å². The quantitative estimate of drug-likeness (QED) is 0.912. The van der Waals surface area contributed by atoms with Gasteiger partial charge >= 0.3 is 0 Å². The van der Waals surface area contributed by atoms with E-state index in [-0.39, 0.29) is 5.02 Å². The molecule has 4 nitrogen and oxygen atoms in total. The van der Waals surface area contributed by atoms with Gasteiger partial charge in [0.1, 0.15) is 18.2 Å². The van der Waals surface area contributed by atoms with Crippen molar-refractivity contribution in [2.75, 3.05) is 12.3 Å². The lowest BCUT2D eigenvalue weighted by Gasteiger charge is -2.06. The monoisotopic (exact) mass is 255 g/mol. The van der Waals surface area contributed by atoms with Crippen LogP contribution in [0.4, 0.5) is 10.1 Å². The predicted octanol–water partition coefficient (Wildman–Crippen LogP) is 2.34. The van der Waals surface area contributed by atoms with Gasteiger partial charge in [0.15, 0.2) is 0 Å². The maximum absolute atomic E-state index is 13.1. The highest BCUT2D eigenvalue weighted by molar-refractivity contribution is 6.30. The SMILES string of the molecule is Nc1cnn(CCOc2ccc(Cl)c(F)c2)c1. The van der Waals surface area contributed by atoms with E-state index in [9.17, 15) is 4.39 Å². The van der Waals surface area contributed by atoms with Crippen LogP contribution < -0.4 is 10.5 Å². The summed E-state index contributed by atoms with van der Waals surface area (Å²) in [5.74, 6) is -0.0560.